The number of ether oxygens (including phenoxy) is 2. The topological polar surface area (TPSA) is 129 Å². The third kappa shape index (κ3) is 4.61. The summed E-state index contributed by atoms with van der Waals surface area (Å²) in [5, 5.41) is 12.0. The Balaban J connectivity index is 1.78. The van der Waals surface area contributed by atoms with Gasteiger partial charge in [-0.3, -0.25) is 10.1 Å². The number of non-ortho nitro benzene ring substituents is 1. The molecule has 0 saturated carbocycles. The zero-order chi connectivity index (χ0) is 23.8. The van der Waals surface area contributed by atoms with Gasteiger partial charge in [0.05, 0.1) is 18.1 Å². The van der Waals surface area contributed by atoms with E-state index in [-0.39, 0.29) is 54.3 Å². The fourth-order valence-corrected chi connectivity index (χ4v) is 5.20. The Labute approximate surface area is 189 Å². The van der Waals surface area contributed by atoms with Gasteiger partial charge in [0.25, 0.3) is 5.69 Å². The molecule has 1 aromatic heterocycles. The summed E-state index contributed by atoms with van der Waals surface area (Å²) in [5.74, 6) is 0.232. The Hall–Kier alpha value is -3.28. The zero-order valence-corrected chi connectivity index (χ0v) is 18.8. The third-order valence-corrected chi connectivity index (χ3v) is 7.24. The van der Waals surface area contributed by atoms with E-state index in [0.29, 0.717) is 5.58 Å². The second-order valence-electron chi connectivity index (χ2n) is 7.84. The van der Waals surface area contributed by atoms with E-state index in [0.717, 1.165) is 17.0 Å². The fourth-order valence-electron chi connectivity index (χ4n) is 3.66. The first-order valence-corrected chi connectivity index (χ1v) is 11.7. The molecule has 0 radical (unpaired) electrons. The summed E-state index contributed by atoms with van der Waals surface area (Å²) in [4.78, 5) is 22.3. The molecule has 2 heterocycles. The van der Waals surface area contributed by atoms with Crippen LogP contribution in [0, 0.1) is 10.1 Å². The molecule has 0 bridgehead atoms. The largest absolute Gasteiger partial charge is 0.456 e. The monoisotopic (exact) mass is 474 g/mol. The van der Waals surface area contributed by atoms with Crippen LogP contribution in [0.5, 0.6) is 11.5 Å². The SMILES string of the molecule is CC(C)c1cc(=O)oc2cc(Oc3ccc([N+](=O)[O-])cc3S(=O)(=O)N3CCOCC3)ccc12. The van der Waals surface area contributed by atoms with Crippen LogP contribution in [0.1, 0.15) is 25.3 Å². The molecule has 33 heavy (non-hydrogen) atoms. The van der Waals surface area contributed by atoms with Crippen molar-refractivity contribution in [3.63, 3.8) is 0 Å². The minimum Gasteiger partial charge on any atom is -0.456 e. The van der Waals surface area contributed by atoms with Crippen molar-refractivity contribution in [3.8, 4) is 11.5 Å². The van der Waals surface area contributed by atoms with E-state index in [1.54, 1.807) is 12.1 Å². The van der Waals surface area contributed by atoms with Crippen molar-refractivity contribution in [1.29, 1.82) is 0 Å². The van der Waals surface area contributed by atoms with Gasteiger partial charge in [-0.15, -0.1) is 0 Å². The van der Waals surface area contributed by atoms with Crippen molar-refractivity contribution >= 4 is 26.7 Å². The van der Waals surface area contributed by atoms with Gasteiger partial charge in [0.15, 0.2) is 0 Å². The Morgan fingerprint density at radius 3 is 2.48 bits per heavy atom. The minimum absolute atomic E-state index is 0.0752. The fraction of sp³-hybridized carbons (Fsp3) is 0.318. The van der Waals surface area contributed by atoms with Crippen molar-refractivity contribution in [1.82, 2.24) is 4.31 Å². The van der Waals surface area contributed by atoms with Gasteiger partial charge in [0, 0.05) is 42.7 Å². The minimum atomic E-state index is -4.09. The van der Waals surface area contributed by atoms with Gasteiger partial charge in [-0.05, 0) is 29.7 Å². The number of rotatable bonds is 6. The molecule has 1 saturated heterocycles. The molecular formula is C22H22N2O8S. The molecule has 11 heteroatoms. The first kappa shape index (κ1) is 22.9. The molecule has 2 aromatic carbocycles. The second-order valence-corrected chi connectivity index (χ2v) is 9.75. The van der Waals surface area contributed by atoms with E-state index in [1.165, 1.54) is 28.6 Å². The smallest absolute Gasteiger partial charge is 0.336 e. The highest BCUT2D eigenvalue weighted by molar-refractivity contribution is 7.89. The lowest BCUT2D eigenvalue weighted by Crippen LogP contribution is -2.40. The van der Waals surface area contributed by atoms with Gasteiger partial charge >= 0.3 is 5.63 Å². The number of fused-ring (bicyclic) bond motifs is 1. The van der Waals surface area contributed by atoms with Crippen LogP contribution in [0.4, 0.5) is 5.69 Å². The Morgan fingerprint density at radius 2 is 1.82 bits per heavy atom. The van der Waals surface area contributed by atoms with Gasteiger partial charge in [-0.2, -0.15) is 4.31 Å². The van der Waals surface area contributed by atoms with E-state index in [2.05, 4.69) is 0 Å². The molecule has 0 aliphatic carbocycles. The lowest BCUT2D eigenvalue weighted by Gasteiger charge is -2.26. The zero-order valence-electron chi connectivity index (χ0n) is 18.0. The molecule has 0 spiro atoms. The van der Waals surface area contributed by atoms with Crippen LogP contribution in [0.2, 0.25) is 0 Å². The number of nitrogens with zero attached hydrogens (tertiary/aromatic N) is 2. The van der Waals surface area contributed by atoms with Crippen molar-refractivity contribution in [2.45, 2.75) is 24.7 Å². The molecule has 1 fully saturated rings. The highest BCUT2D eigenvalue weighted by Gasteiger charge is 2.31. The summed E-state index contributed by atoms with van der Waals surface area (Å²) < 4.78 is 44.1. The van der Waals surface area contributed by atoms with E-state index in [9.17, 15) is 23.3 Å². The van der Waals surface area contributed by atoms with E-state index >= 15 is 0 Å². The number of nitro groups is 1. The number of sulfonamides is 1. The first-order chi connectivity index (χ1) is 15.7. The second kappa shape index (κ2) is 8.93. The highest BCUT2D eigenvalue weighted by Crippen LogP contribution is 2.35. The summed E-state index contributed by atoms with van der Waals surface area (Å²) in [6.07, 6.45) is 0. The lowest BCUT2D eigenvalue weighted by molar-refractivity contribution is -0.385. The highest BCUT2D eigenvalue weighted by atomic mass is 32.2. The van der Waals surface area contributed by atoms with Crippen LogP contribution < -0.4 is 10.4 Å². The molecule has 0 atom stereocenters. The molecule has 0 unspecified atom stereocenters. The van der Waals surface area contributed by atoms with Gasteiger partial charge in [-0.25, -0.2) is 13.2 Å². The lowest BCUT2D eigenvalue weighted by atomic mass is 10.00. The molecule has 1 aliphatic rings. The average molecular weight is 474 g/mol. The van der Waals surface area contributed by atoms with Crippen molar-refractivity contribution in [2.24, 2.45) is 0 Å². The van der Waals surface area contributed by atoms with Crippen LogP contribution in [0.3, 0.4) is 0 Å². The Morgan fingerprint density at radius 1 is 1.09 bits per heavy atom. The Kier molecular flexibility index (Phi) is 6.19. The summed E-state index contributed by atoms with van der Waals surface area (Å²) >= 11 is 0. The number of benzene rings is 2. The van der Waals surface area contributed by atoms with Crippen molar-refractivity contribution < 1.29 is 27.2 Å². The van der Waals surface area contributed by atoms with E-state index in [4.69, 9.17) is 13.9 Å². The maximum Gasteiger partial charge on any atom is 0.336 e. The molecule has 174 valence electrons. The van der Waals surface area contributed by atoms with Gasteiger partial charge in [-0.1, -0.05) is 13.8 Å². The van der Waals surface area contributed by atoms with Crippen LogP contribution in [-0.2, 0) is 14.8 Å². The predicted molar refractivity (Wildman–Crippen MR) is 119 cm³/mol. The maximum atomic E-state index is 13.3. The van der Waals surface area contributed by atoms with Crippen LogP contribution in [0.15, 0.2) is 56.6 Å². The Bertz CT molecular complexity index is 1370. The average Bonchev–Trinajstić information content (AvgIpc) is 2.78. The summed E-state index contributed by atoms with van der Waals surface area (Å²) in [5.41, 5.74) is 0.233. The number of hydrogen-bond acceptors (Lipinski definition) is 8. The summed E-state index contributed by atoms with van der Waals surface area (Å²) in [7, 11) is -4.09. The van der Waals surface area contributed by atoms with Crippen LogP contribution in [-0.4, -0.2) is 43.9 Å². The number of morpholine rings is 1. The molecule has 3 aromatic rings. The number of nitro benzene ring substituents is 1. The molecular weight excluding hydrogens is 452 g/mol. The first-order valence-electron chi connectivity index (χ1n) is 10.3. The standard InChI is InChI=1S/C22H22N2O8S/c1-14(2)18-13-22(25)32-20-12-16(4-5-17(18)20)31-19-6-3-15(24(26)27)11-21(19)33(28,29)23-7-9-30-10-8-23/h3-6,11-14H,7-10H2,1-2H3. The quantitative estimate of drug-likeness (QED) is 0.301. The molecule has 4 rings (SSSR count). The molecule has 1 aliphatic heterocycles. The number of hydrogen-bond donors (Lipinski definition) is 0. The molecule has 0 N–H and O–H groups in total. The van der Waals surface area contributed by atoms with Crippen molar-refractivity contribution in [3.05, 3.63) is 68.6 Å². The van der Waals surface area contributed by atoms with Gasteiger partial charge < -0.3 is 13.9 Å². The van der Waals surface area contributed by atoms with Crippen LogP contribution in [0.25, 0.3) is 11.0 Å². The van der Waals surface area contributed by atoms with E-state index in [1.807, 2.05) is 13.8 Å². The maximum absolute atomic E-state index is 13.3. The third-order valence-electron chi connectivity index (χ3n) is 5.32. The normalized spacial score (nSPS) is 15.1. The molecule has 0 amide bonds. The summed E-state index contributed by atoms with van der Waals surface area (Å²) in [6, 6.07) is 9.69. The van der Waals surface area contributed by atoms with E-state index < -0.39 is 20.6 Å². The van der Waals surface area contributed by atoms with Crippen LogP contribution >= 0.6 is 0 Å². The van der Waals surface area contributed by atoms with Gasteiger partial charge in [0.2, 0.25) is 10.0 Å². The van der Waals surface area contributed by atoms with Gasteiger partial charge in [0.1, 0.15) is 22.0 Å². The summed E-state index contributed by atoms with van der Waals surface area (Å²) in [6.45, 7) is 4.63. The predicted octanol–water partition coefficient (Wildman–Crippen LogP) is 3.64. The molecule has 10 nitrogen and oxygen atoms in total. The van der Waals surface area contributed by atoms with Crippen molar-refractivity contribution in [2.75, 3.05) is 26.3 Å².